The number of hydrogen-bond acceptors (Lipinski definition) is 9. The summed E-state index contributed by atoms with van der Waals surface area (Å²) in [4.78, 5) is 37.0. The van der Waals surface area contributed by atoms with E-state index < -0.39 is 59.6 Å². The predicted octanol–water partition coefficient (Wildman–Crippen LogP) is 3.59. The highest BCUT2D eigenvalue weighted by Crippen LogP contribution is 2.67. The van der Waals surface area contributed by atoms with E-state index in [0.717, 1.165) is 0 Å². The Morgan fingerprint density at radius 2 is 1.84 bits per heavy atom. The van der Waals surface area contributed by atoms with Crippen molar-refractivity contribution in [3.8, 4) is 0 Å². The molecule has 0 aromatic rings. The van der Waals surface area contributed by atoms with Gasteiger partial charge in [0.15, 0.2) is 0 Å². The molecule has 9 heteroatoms. The fraction of sp³-hybridized carbons (Fsp3) is 0.690. The van der Waals surface area contributed by atoms with Gasteiger partial charge in [0.1, 0.15) is 6.10 Å². The Morgan fingerprint density at radius 1 is 1.21 bits per heavy atom. The second-order valence-corrected chi connectivity index (χ2v) is 11.3. The number of carbonyl (C=O) groups excluding carboxylic acids is 3. The van der Waals surface area contributed by atoms with Gasteiger partial charge in [-0.3, -0.25) is 19.1 Å². The fourth-order valence-corrected chi connectivity index (χ4v) is 6.52. The molecular weight excluding hydrogens is 492 g/mol. The van der Waals surface area contributed by atoms with Crippen molar-refractivity contribution >= 4 is 17.9 Å². The van der Waals surface area contributed by atoms with Crippen LogP contribution >= 0.6 is 0 Å². The van der Waals surface area contributed by atoms with E-state index in [1.807, 2.05) is 20.8 Å². The lowest BCUT2D eigenvalue weighted by atomic mass is 9.44. The first-order valence-electron chi connectivity index (χ1n) is 13.3. The van der Waals surface area contributed by atoms with Crippen LogP contribution in [0.25, 0.3) is 0 Å². The lowest BCUT2D eigenvalue weighted by molar-refractivity contribution is -0.256. The SMILES string of the molecule is C=CC(=C)[C@H](O)C[C@@]1(C)[C@@H](C)CC(O)C23C(=C[C@H](OC(=O)C(C)CC)C[C@@H]21)[C@H](OC(C)=O)O[C@@H]3OC(C)=O. The van der Waals surface area contributed by atoms with E-state index >= 15 is 0 Å². The third-order valence-corrected chi connectivity index (χ3v) is 9.00. The zero-order valence-corrected chi connectivity index (χ0v) is 23.3. The van der Waals surface area contributed by atoms with Gasteiger partial charge in [0.25, 0.3) is 0 Å². The number of hydrogen-bond donors (Lipinski definition) is 2. The molecular formula is C29H42O9. The number of carbonyl (C=O) groups is 3. The van der Waals surface area contributed by atoms with E-state index in [1.54, 1.807) is 13.0 Å². The normalized spacial score (nSPS) is 37.5. The minimum Gasteiger partial charge on any atom is -0.458 e. The number of rotatable bonds is 9. The van der Waals surface area contributed by atoms with Crippen LogP contribution in [0.1, 0.15) is 67.2 Å². The van der Waals surface area contributed by atoms with Crippen molar-refractivity contribution in [2.75, 3.05) is 0 Å². The van der Waals surface area contributed by atoms with Crippen LogP contribution in [-0.4, -0.2) is 59.0 Å². The van der Waals surface area contributed by atoms with Gasteiger partial charge < -0.3 is 24.4 Å². The fourth-order valence-electron chi connectivity index (χ4n) is 6.52. The molecule has 0 amide bonds. The number of aliphatic hydroxyl groups is 2. The summed E-state index contributed by atoms with van der Waals surface area (Å²) in [5.41, 5.74) is -1.10. The average Bonchev–Trinajstić information content (AvgIpc) is 3.13. The van der Waals surface area contributed by atoms with Crippen LogP contribution in [0.5, 0.6) is 0 Å². The first-order valence-corrected chi connectivity index (χ1v) is 13.3. The average molecular weight is 535 g/mol. The van der Waals surface area contributed by atoms with Crippen LogP contribution in [0.2, 0.25) is 0 Å². The third kappa shape index (κ3) is 5.20. The molecule has 0 aromatic carbocycles. The van der Waals surface area contributed by atoms with Gasteiger partial charge in [0.2, 0.25) is 12.6 Å². The predicted molar refractivity (Wildman–Crippen MR) is 138 cm³/mol. The van der Waals surface area contributed by atoms with Gasteiger partial charge >= 0.3 is 17.9 Å². The summed E-state index contributed by atoms with van der Waals surface area (Å²) in [6.07, 6.45) is -0.516. The number of ether oxygens (including phenoxy) is 4. The number of esters is 3. The van der Waals surface area contributed by atoms with E-state index in [1.165, 1.54) is 19.9 Å². The van der Waals surface area contributed by atoms with Crippen molar-refractivity contribution in [1.82, 2.24) is 0 Å². The van der Waals surface area contributed by atoms with Crippen molar-refractivity contribution in [1.29, 1.82) is 0 Å². The summed E-state index contributed by atoms with van der Waals surface area (Å²) in [7, 11) is 0. The molecule has 3 rings (SSSR count). The Morgan fingerprint density at radius 3 is 2.39 bits per heavy atom. The molecule has 1 saturated heterocycles. The highest BCUT2D eigenvalue weighted by atomic mass is 16.8. The standard InChI is InChI=1S/C29H42O9/c1-9-15(3)22(32)14-28(8)17(5)11-24(33)29-21(26(35-18(6)30)38-27(29)36-19(7)31)12-20(13-23(28)29)37-25(34)16(4)10-2/h9,12,16-17,20,22-24,26-27,32-33H,1,3,10-11,13-14H2,2,4-8H3/t16?,17-,20-,22+,23+,24?,26+,27-,28-,29?/m0/s1. The van der Waals surface area contributed by atoms with Crippen molar-refractivity contribution < 1.29 is 43.5 Å². The van der Waals surface area contributed by atoms with Gasteiger partial charge in [-0.1, -0.05) is 46.9 Å². The summed E-state index contributed by atoms with van der Waals surface area (Å²) in [6.45, 7) is 17.8. The quantitative estimate of drug-likeness (QED) is 0.197. The van der Waals surface area contributed by atoms with Gasteiger partial charge in [0, 0.05) is 19.4 Å². The molecule has 1 saturated carbocycles. The molecule has 0 bridgehead atoms. The molecule has 2 fully saturated rings. The van der Waals surface area contributed by atoms with Crippen LogP contribution in [0.4, 0.5) is 0 Å². The van der Waals surface area contributed by atoms with Gasteiger partial charge in [-0.15, -0.1) is 0 Å². The van der Waals surface area contributed by atoms with Gasteiger partial charge in [-0.25, -0.2) is 0 Å². The summed E-state index contributed by atoms with van der Waals surface area (Å²) in [5, 5.41) is 22.8. The molecule has 3 unspecified atom stereocenters. The first kappa shape index (κ1) is 30.1. The molecule has 212 valence electrons. The maximum Gasteiger partial charge on any atom is 0.309 e. The largest absolute Gasteiger partial charge is 0.458 e. The molecule has 0 aromatic heterocycles. The molecule has 9 nitrogen and oxygen atoms in total. The Balaban J connectivity index is 2.22. The minimum atomic E-state index is -1.29. The lowest BCUT2D eigenvalue weighted by Crippen LogP contribution is -2.63. The summed E-state index contributed by atoms with van der Waals surface area (Å²) in [6, 6.07) is 0. The second kappa shape index (κ2) is 11.3. The molecule has 2 N–H and O–H groups in total. The molecule has 38 heavy (non-hydrogen) atoms. The van der Waals surface area contributed by atoms with Crippen LogP contribution in [-0.2, 0) is 33.3 Å². The molecule has 1 spiro atoms. The zero-order valence-electron chi connectivity index (χ0n) is 23.3. The van der Waals surface area contributed by atoms with Crippen molar-refractivity contribution in [3.05, 3.63) is 36.5 Å². The Kier molecular flexibility index (Phi) is 8.95. The highest BCUT2D eigenvalue weighted by molar-refractivity contribution is 5.72. The van der Waals surface area contributed by atoms with E-state index in [-0.39, 0.29) is 30.6 Å². The second-order valence-electron chi connectivity index (χ2n) is 11.3. The zero-order chi connectivity index (χ0) is 28.6. The Bertz CT molecular complexity index is 1000. The van der Waals surface area contributed by atoms with Crippen LogP contribution in [0, 0.1) is 28.6 Å². The monoisotopic (exact) mass is 534 g/mol. The Hall–Kier alpha value is -2.49. The van der Waals surface area contributed by atoms with E-state index in [2.05, 4.69) is 13.2 Å². The minimum absolute atomic E-state index is 0.101. The van der Waals surface area contributed by atoms with Gasteiger partial charge in [-0.2, -0.15) is 0 Å². The lowest BCUT2D eigenvalue weighted by Gasteiger charge is -2.60. The maximum atomic E-state index is 12.8. The van der Waals surface area contributed by atoms with E-state index in [9.17, 15) is 24.6 Å². The molecule has 3 aliphatic rings. The van der Waals surface area contributed by atoms with Gasteiger partial charge in [0.05, 0.1) is 23.5 Å². The van der Waals surface area contributed by atoms with Crippen molar-refractivity contribution in [3.63, 3.8) is 0 Å². The molecule has 2 aliphatic carbocycles. The van der Waals surface area contributed by atoms with Crippen molar-refractivity contribution in [2.24, 2.45) is 28.6 Å². The maximum absolute atomic E-state index is 12.8. The molecule has 1 heterocycles. The van der Waals surface area contributed by atoms with Crippen molar-refractivity contribution in [2.45, 2.75) is 98.1 Å². The number of aliphatic hydroxyl groups excluding tert-OH is 2. The third-order valence-electron chi connectivity index (χ3n) is 9.00. The van der Waals surface area contributed by atoms with Crippen LogP contribution in [0.3, 0.4) is 0 Å². The molecule has 1 aliphatic heterocycles. The summed E-state index contributed by atoms with van der Waals surface area (Å²) >= 11 is 0. The summed E-state index contributed by atoms with van der Waals surface area (Å²) in [5.74, 6) is -2.53. The van der Waals surface area contributed by atoms with Crippen LogP contribution < -0.4 is 0 Å². The van der Waals surface area contributed by atoms with Crippen LogP contribution in [0.15, 0.2) is 36.5 Å². The van der Waals surface area contributed by atoms with E-state index in [0.29, 0.717) is 24.0 Å². The Labute approximate surface area is 224 Å². The summed E-state index contributed by atoms with van der Waals surface area (Å²) < 4.78 is 23.1. The highest BCUT2D eigenvalue weighted by Gasteiger charge is 2.71. The van der Waals surface area contributed by atoms with Gasteiger partial charge in [-0.05, 0) is 54.6 Å². The van der Waals surface area contributed by atoms with E-state index in [4.69, 9.17) is 18.9 Å². The smallest absolute Gasteiger partial charge is 0.309 e. The molecule has 10 atom stereocenters. The molecule has 0 radical (unpaired) electrons. The topological polar surface area (TPSA) is 129 Å². The first-order chi connectivity index (χ1) is 17.7.